The van der Waals surface area contributed by atoms with E-state index in [1.165, 1.54) is 37.7 Å². The summed E-state index contributed by atoms with van der Waals surface area (Å²) in [5.41, 5.74) is 1.24. The highest BCUT2D eigenvalue weighted by atomic mass is 16.3. The predicted octanol–water partition coefficient (Wildman–Crippen LogP) is 2.76. The average Bonchev–Trinajstić information content (AvgIpc) is 2.78. The van der Waals surface area contributed by atoms with E-state index >= 15 is 0 Å². The molecule has 1 aliphatic carbocycles. The summed E-state index contributed by atoms with van der Waals surface area (Å²) >= 11 is 0. The highest BCUT2D eigenvalue weighted by Crippen LogP contribution is 2.23. The molecule has 1 saturated carbocycles. The maximum absolute atomic E-state index is 5.60. The number of furan rings is 1. The average molecular weight is 236 g/mol. The Balaban J connectivity index is 1.85. The topological polar surface area (TPSA) is 28.4 Å². The van der Waals surface area contributed by atoms with Crippen LogP contribution in [-0.2, 0) is 13.1 Å². The highest BCUT2D eigenvalue weighted by Gasteiger charge is 2.18. The molecule has 0 radical (unpaired) electrons. The van der Waals surface area contributed by atoms with Gasteiger partial charge < -0.3 is 9.73 Å². The summed E-state index contributed by atoms with van der Waals surface area (Å²) in [4.78, 5) is 2.45. The molecule has 1 aromatic heterocycles. The van der Waals surface area contributed by atoms with Gasteiger partial charge in [0.1, 0.15) is 5.76 Å². The molecule has 0 aliphatic heterocycles. The lowest BCUT2D eigenvalue weighted by molar-refractivity contribution is 0.173. The van der Waals surface area contributed by atoms with Gasteiger partial charge >= 0.3 is 0 Å². The quantitative estimate of drug-likeness (QED) is 0.852. The van der Waals surface area contributed by atoms with Gasteiger partial charge in [0.15, 0.2) is 0 Å². The zero-order valence-corrected chi connectivity index (χ0v) is 11.0. The molecule has 0 aromatic carbocycles. The standard InChI is InChI=1S/C14H24N2O/c1-15-9-12-8-14(17-11-12)10-16(2)13-6-4-3-5-7-13/h8,11,13,15H,3-7,9-10H2,1-2H3. The van der Waals surface area contributed by atoms with Gasteiger partial charge in [0.05, 0.1) is 12.8 Å². The van der Waals surface area contributed by atoms with Crippen LogP contribution in [0.25, 0.3) is 0 Å². The van der Waals surface area contributed by atoms with Crippen molar-refractivity contribution in [2.24, 2.45) is 0 Å². The van der Waals surface area contributed by atoms with Crippen LogP contribution in [0.5, 0.6) is 0 Å². The molecule has 0 amide bonds. The third kappa shape index (κ3) is 3.58. The second kappa shape index (κ2) is 6.22. The van der Waals surface area contributed by atoms with Crippen molar-refractivity contribution in [3.63, 3.8) is 0 Å². The molecule has 1 heterocycles. The van der Waals surface area contributed by atoms with Gasteiger partial charge in [-0.05, 0) is 33.0 Å². The van der Waals surface area contributed by atoms with Crippen LogP contribution in [0.2, 0.25) is 0 Å². The lowest BCUT2D eigenvalue weighted by atomic mass is 9.94. The van der Waals surface area contributed by atoms with Gasteiger partial charge in [0.2, 0.25) is 0 Å². The lowest BCUT2D eigenvalue weighted by Gasteiger charge is -2.30. The van der Waals surface area contributed by atoms with Crippen molar-refractivity contribution in [1.82, 2.24) is 10.2 Å². The Kier molecular flexibility index (Phi) is 4.63. The smallest absolute Gasteiger partial charge is 0.118 e. The Hall–Kier alpha value is -0.800. The van der Waals surface area contributed by atoms with Gasteiger partial charge in [-0.3, -0.25) is 4.90 Å². The molecule has 1 N–H and O–H groups in total. The van der Waals surface area contributed by atoms with E-state index in [2.05, 4.69) is 23.3 Å². The van der Waals surface area contributed by atoms with Crippen LogP contribution in [0, 0.1) is 0 Å². The van der Waals surface area contributed by atoms with Crippen LogP contribution < -0.4 is 5.32 Å². The van der Waals surface area contributed by atoms with Crippen molar-refractivity contribution in [3.8, 4) is 0 Å². The summed E-state index contributed by atoms with van der Waals surface area (Å²) in [5.74, 6) is 1.09. The molecular weight excluding hydrogens is 212 g/mol. The molecule has 0 atom stereocenters. The number of rotatable bonds is 5. The minimum absolute atomic E-state index is 0.751. The summed E-state index contributed by atoms with van der Waals surface area (Å²) < 4.78 is 5.60. The van der Waals surface area contributed by atoms with Crippen LogP contribution in [0.1, 0.15) is 43.4 Å². The predicted molar refractivity (Wildman–Crippen MR) is 69.8 cm³/mol. The van der Waals surface area contributed by atoms with E-state index in [0.717, 1.165) is 24.9 Å². The van der Waals surface area contributed by atoms with E-state index in [4.69, 9.17) is 4.42 Å². The van der Waals surface area contributed by atoms with E-state index in [0.29, 0.717) is 0 Å². The van der Waals surface area contributed by atoms with Crippen LogP contribution in [0.4, 0.5) is 0 Å². The van der Waals surface area contributed by atoms with Crippen molar-refractivity contribution in [2.45, 2.75) is 51.2 Å². The van der Waals surface area contributed by atoms with Crippen LogP contribution in [-0.4, -0.2) is 25.0 Å². The van der Waals surface area contributed by atoms with Crippen molar-refractivity contribution in [3.05, 3.63) is 23.7 Å². The second-order valence-electron chi connectivity index (χ2n) is 5.16. The minimum atomic E-state index is 0.751. The molecule has 0 saturated heterocycles. The molecule has 3 nitrogen and oxygen atoms in total. The van der Waals surface area contributed by atoms with Crippen molar-refractivity contribution in [2.75, 3.05) is 14.1 Å². The first-order valence-electron chi connectivity index (χ1n) is 6.70. The molecule has 2 rings (SSSR count). The lowest BCUT2D eigenvalue weighted by Crippen LogP contribution is -2.32. The Morgan fingerprint density at radius 2 is 2.12 bits per heavy atom. The number of hydrogen-bond donors (Lipinski definition) is 1. The SMILES string of the molecule is CNCc1coc(CN(C)C2CCCCC2)c1. The zero-order valence-electron chi connectivity index (χ0n) is 11.0. The van der Waals surface area contributed by atoms with Gasteiger partial charge in [-0.25, -0.2) is 0 Å². The fourth-order valence-electron chi connectivity index (χ4n) is 2.70. The van der Waals surface area contributed by atoms with E-state index in [-0.39, 0.29) is 0 Å². The second-order valence-corrected chi connectivity index (χ2v) is 5.16. The number of nitrogens with zero attached hydrogens (tertiary/aromatic N) is 1. The third-order valence-electron chi connectivity index (χ3n) is 3.69. The maximum atomic E-state index is 5.60. The molecule has 1 aliphatic rings. The first kappa shape index (κ1) is 12.7. The minimum Gasteiger partial charge on any atom is -0.468 e. The summed E-state index contributed by atoms with van der Waals surface area (Å²) in [5, 5.41) is 3.14. The van der Waals surface area contributed by atoms with Gasteiger partial charge in [-0.2, -0.15) is 0 Å². The Morgan fingerprint density at radius 3 is 2.82 bits per heavy atom. The Morgan fingerprint density at radius 1 is 1.35 bits per heavy atom. The Bertz CT molecular complexity index is 329. The molecule has 0 spiro atoms. The van der Waals surface area contributed by atoms with Gasteiger partial charge in [-0.1, -0.05) is 19.3 Å². The third-order valence-corrected chi connectivity index (χ3v) is 3.69. The normalized spacial score (nSPS) is 17.8. The first-order valence-corrected chi connectivity index (χ1v) is 6.70. The van der Waals surface area contributed by atoms with E-state index in [1.807, 2.05) is 13.3 Å². The molecule has 0 unspecified atom stereocenters. The van der Waals surface area contributed by atoms with Crippen molar-refractivity contribution in [1.29, 1.82) is 0 Å². The van der Waals surface area contributed by atoms with Crippen molar-refractivity contribution >= 4 is 0 Å². The Labute approximate surface area is 104 Å². The first-order chi connectivity index (χ1) is 8.29. The van der Waals surface area contributed by atoms with Gasteiger partial charge in [0, 0.05) is 18.2 Å². The summed E-state index contributed by atoms with van der Waals surface area (Å²) in [6, 6.07) is 2.91. The molecule has 17 heavy (non-hydrogen) atoms. The monoisotopic (exact) mass is 236 g/mol. The van der Waals surface area contributed by atoms with Gasteiger partial charge in [-0.15, -0.1) is 0 Å². The molecule has 1 aromatic rings. The largest absolute Gasteiger partial charge is 0.468 e. The van der Waals surface area contributed by atoms with E-state index in [1.54, 1.807) is 0 Å². The van der Waals surface area contributed by atoms with Gasteiger partial charge in [0.25, 0.3) is 0 Å². The van der Waals surface area contributed by atoms with Crippen LogP contribution in [0.15, 0.2) is 16.7 Å². The van der Waals surface area contributed by atoms with E-state index < -0.39 is 0 Å². The van der Waals surface area contributed by atoms with E-state index in [9.17, 15) is 0 Å². The summed E-state index contributed by atoms with van der Waals surface area (Å²) in [7, 11) is 4.18. The van der Waals surface area contributed by atoms with Crippen molar-refractivity contribution < 1.29 is 4.42 Å². The fraction of sp³-hybridized carbons (Fsp3) is 0.714. The molecule has 96 valence electrons. The van der Waals surface area contributed by atoms with Crippen LogP contribution >= 0.6 is 0 Å². The molecule has 1 fully saturated rings. The molecule has 3 heteroatoms. The summed E-state index contributed by atoms with van der Waals surface area (Å²) in [6.45, 7) is 1.82. The number of hydrogen-bond acceptors (Lipinski definition) is 3. The zero-order chi connectivity index (χ0) is 12.1. The molecular formula is C14H24N2O. The fourth-order valence-corrected chi connectivity index (χ4v) is 2.70. The van der Waals surface area contributed by atoms with Crippen LogP contribution in [0.3, 0.4) is 0 Å². The number of nitrogens with one attached hydrogen (secondary N) is 1. The maximum Gasteiger partial charge on any atom is 0.118 e. The highest BCUT2D eigenvalue weighted by molar-refractivity contribution is 5.12. The molecule has 0 bridgehead atoms. The summed E-state index contributed by atoms with van der Waals surface area (Å²) in [6.07, 6.45) is 8.75.